The number of nitrogens with zero attached hydrogens (tertiary/aromatic N) is 3. The minimum atomic E-state index is -0.0801. The van der Waals surface area contributed by atoms with E-state index in [0.29, 0.717) is 5.56 Å². The summed E-state index contributed by atoms with van der Waals surface area (Å²) in [4.78, 5) is 12.8. The summed E-state index contributed by atoms with van der Waals surface area (Å²) in [7, 11) is 1.84. The molecular formula is C18H18N4O. The first-order valence-corrected chi connectivity index (χ1v) is 7.78. The lowest BCUT2D eigenvalue weighted by atomic mass is 10.1. The van der Waals surface area contributed by atoms with Crippen LogP contribution in [0.15, 0.2) is 55.0 Å². The molecule has 1 aliphatic carbocycles. The van der Waals surface area contributed by atoms with Crippen molar-refractivity contribution in [1.29, 1.82) is 0 Å². The zero-order valence-corrected chi connectivity index (χ0v) is 12.9. The second kappa shape index (κ2) is 5.43. The first kappa shape index (κ1) is 13.8. The first-order chi connectivity index (χ1) is 11.2. The number of fused-ring (bicyclic) bond motifs is 1. The van der Waals surface area contributed by atoms with Gasteiger partial charge >= 0.3 is 0 Å². The van der Waals surface area contributed by atoms with E-state index in [4.69, 9.17) is 0 Å². The van der Waals surface area contributed by atoms with Gasteiger partial charge in [0.05, 0.1) is 12.2 Å². The topological polar surface area (TPSA) is 51.9 Å². The summed E-state index contributed by atoms with van der Waals surface area (Å²) in [6.07, 6.45) is 7.42. The van der Waals surface area contributed by atoms with Crippen LogP contribution in [0.5, 0.6) is 0 Å². The third kappa shape index (κ3) is 2.34. The second-order valence-electron chi connectivity index (χ2n) is 5.86. The first-order valence-electron chi connectivity index (χ1n) is 7.78. The molecule has 1 aliphatic rings. The number of amides is 1. The number of rotatable bonds is 3. The third-order valence-corrected chi connectivity index (χ3v) is 4.44. The molecule has 0 spiro atoms. The molecule has 2 heterocycles. The number of benzene rings is 1. The lowest BCUT2D eigenvalue weighted by Crippen LogP contribution is -2.28. The minimum Gasteiger partial charge on any atom is -0.345 e. The molecular weight excluding hydrogens is 288 g/mol. The van der Waals surface area contributed by atoms with Crippen molar-refractivity contribution in [2.24, 2.45) is 7.05 Å². The van der Waals surface area contributed by atoms with Crippen molar-refractivity contribution in [3.05, 3.63) is 71.7 Å². The highest BCUT2D eigenvalue weighted by Crippen LogP contribution is 2.31. The lowest BCUT2D eigenvalue weighted by Gasteiger charge is -2.14. The number of aryl methyl sites for hydroxylation is 2. The zero-order chi connectivity index (χ0) is 15.8. The highest BCUT2D eigenvalue weighted by molar-refractivity contribution is 5.97. The van der Waals surface area contributed by atoms with Gasteiger partial charge < -0.3 is 9.88 Å². The molecule has 2 aromatic heterocycles. The fraction of sp³-hybridized carbons (Fsp3) is 0.222. The van der Waals surface area contributed by atoms with Crippen LogP contribution in [0.3, 0.4) is 0 Å². The van der Waals surface area contributed by atoms with Crippen LogP contribution in [-0.4, -0.2) is 20.3 Å². The van der Waals surface area contributed by atoms with E-state index in [1.807, 2.05) is 48.3 Å². The molecule has 0 aliphatic heterocycles. The molecule has 0 saturated heterocycles. The van der Waals surface area contributed by atoms with Gasteiger partial charge in [-0.15, -0.1) is 0 Å². The maximum Gasteiger partial charge on any atom is 0.257 e. The monoisotopic (exact) mass is 306 g/mol. The van der Waals surface area contributed by atoms with Crippen LogP contribution in [0, 0.1) is 0 Å². The molecule has 0 fully saturated rings. The van der Waals surface area contributed by atoms with Crippen LogP contribution >= 0.6 is 0 Å². The largest absolute Gasteiger partial charge is 0.345 e. The van der Waals surface area contributed by atoms with E-state index in [1.54, 1.807) is 10.9 Å². The molecule has 0 bridgehead atoms. The Morgan fingerprint density at radius 3 is 2.83 bits per heavy atom. The van der Waals surface area contributed by atoms with Crippen LogP contribution < -0.4 is 5.32 Å². The fourth-order valence-electron chi connectivity index (χ4n) is 3.32. The van der Waals surface area contributed by atoms with Crippen molar-refractivity contribution < 1.29 is 4.79 Å². The van der Waals surface area contributed by atoms with Crippen LogP contribution in [0.1, 0.15) is 33.9 Å². The number of carbonyl (C=O) groups excluding carboxylic acids is 1. The maximum atomic E-state index is 12.8. The highest BCUT2D eigenvalue weighted by atomic mass is 16.1. The summed E-state index contributed by atoms with van der Waals surface area (Å²) < 4.78 is 3.63. The highest BCUT2D eigenvalue weighted by Gasteiger charge is 2.26. The summed E-state index contributed by atoms with van der Waals surface area (Å²) >= 11 is 0. The van der Waals surface area contributed by atoms with Crippen LogP contribution in [-0.2, 0) is 13.5 Å². The van der Waals surface area contributed by atoms with Crippen LogP contribution in [0.4, 0.5) is 0 Å². The second-order valence-corrected chi connectivity index (χ2v) is 5.86. The molecule has 4 rings (SSSR count). The number of aromatic nitrogens is 3. The standard InChI is InChI=1S/C18H18N4O/c1-21-18(22-10-4-5-11-22)15(12-19-21)17(23)20-16-9-8-13-6-2-3-7-14(13)16/h2-7,10-12,16H,8-9H2,1H3,(H,20,23). The molecule has 1 amide bonds. The molecule has 5 heteroatoms. The number of nitrogens with one attached hydrogen (secondary N) is 1. The average molecular weight is 306 g/mol. The smallest absolute Gasteiger partial charge is 0.257 e. The Morgan fingerprint density at radius 1 is 1.22 bits per heavy atom. The van der Waals surface area contributed by atoms with Gasteiger partial charge in [-0.05, 0) is 36.1 Å². The Balaban J connectivity index is 1.62. The summed E-state index contributed by atoms with van der Waals surface area (Å²) in [5.41, 5.74) is 3.15. The number of carbonyl (C=O) groups is 1. The molecule has 23 heavy (non-hydrogen) atoms. The normalized spacial score (nSPS) is 16.3. The van der Waals surface area contributed by atoms with Crippen molar-refractivity contribution in [3.63, 3.8) is 0 Å². The SMILES string of the molecule is Cn1ncc(C(=O)NC2CCc3ccccc32)c1-n1cccc1. The van der Waals surface area contributed by atoms with Gasteiger partial charge in [0.1, 0.15) is 11.4 Å². The van der Waals surface area contributed by atoms with Crippen molar-refractivity contribution in [2.45, 2.75) is 18.9 Å². The van der Waals surface area contributed by atoms with E-state index in [2.05, 4.69) is 22.5 Å². The van der Waals surface area contributed by atoms with E-state index in [1.165, 1.54) is 11.1 Å². The van der Waals surface area contributed by atoms with Crippen LogP contribution in [0.25, 0.3) is 5.82 Å². The van der Waals surface area contributed by atoms with E-state index in [0.717, 1.165) is 18.7 Å². The predicted octanol–water partition coefficient (Wildman–Crippen LogP) is 2.63. The van der Waals surface area contributed by atoms with Gasteiger partial charge in [0.2, 0.25) is 0 Å². The number of hydrogen-bond donors (Lipinski definition) is 1. The Bertz CT molecular complexity index is 848. The quantitative estimate of drug-likeness (QED) is 0.809. The van der Waals surface area contributed by atoms with Gasteiger partial charge in [-0.3, -0.25) is 9.48 Å². The van der Waals surface area contributed by atoms with E-state index in [9.17, 15) is 4.79 Å². The molecule has 116 valence electrons. The average Bonchev–Trinajstić information content (AvgIpc) is 3.27. The van der Waals surface area contributed by atoms with Crippen LogP contribution in [0.2, 0.25) is 0 Å². The molecule has 1 N–H and O–H groups in total. The summed E-state index contributed by atoms with van der Waals surface area (Å²) in [5, 5.41) is 7.41. The summed E-state index contributed by atoms with van der Waals surface area (Å²) in [6.45, 7) is 0. The van der Waals surface area contributed by atoms with Crippen molar-refractivity contribution in [2.75, 3.05) is 0 Å². The zero-order valence-electron chi connectivity index (χ0n) is 12.9. The molecule has 5 nitrogen and oxygen atoms in total. The molecule has 0 saturated carbocycles. The van der Waals surface area contributed by atoms with Gasteiger partial charge in [-0.2, -0.15) is 5.10 Å². The van der Waals surface area contributed by atoms with E-state index >= 15 is 0 Å². The molecule has 3 aromatic rings. The van der Waals surface area contributed by atoms with Gasteiger partial charge in [-0.1, -0.05) is 24.3 Å². The Hall–Kier alpha value is -2.82. The summed E-state index contributed by atoms with van der Waals surface area (Å²) in [5.74, 6) is 0.697. The van der Waals surface area contributed by atoms with Crippen molar-refractivity contribution >= 4 is 5.91 Å². The molecule has 0 radical (unpaired) electrons. The van der Waals surface area contributed by atoms with Gasteiger partial charge in [0, 0.05) is 19.4 Å². The third-order valence-electron chi connectivity index (χ3n) is 4.44. The lowest BCUT2D eigenvalue weighted by molar-refractivity contribution is 0.0936. The van der Waals surface area contributed by atoms with Gasteiger partial charge in [0.25, 0.3) is 5.91 Å². The number of hydrogen-bond acceptors (Lipinski definition) is 2. The molecule has 1 aromatic carbocycles. The van der Waals surface area contributed by atoms with Gasteiger partial charge in [-0.25, -0.2) is 0 Å². The van der Waals surface area contributed by atoms with E-state index < -0.39 is 0 Å². The molecule has 1 atom stereocenters. The summed E-state index contributed by atoms with van der Waals surface area (Å²) in [6, 6.07) is 12.3. The molecule has 1 unspecified atom stereocenters. The maximum absolute atomic E-state index is 12.8. The predicted molar refractivity (Wildman–Crippen MR) is 87.5 cm³/mol. The van der Waals surface area contributed by atoms with Crippen molar-refractivity contribution in [3.8, 4) is 5.82 Å². The Kier molecular flexibility index (Phi) is 3.26. The minimum absolute atomic E-state index is 0.0800. The van der Waals surface area contributed by atoms with E-state index in [-0.39, 0.29) is 11.9 Å². The Labute approximate surface area is 134 Å². The Morgan fingerprint density at radius 2 is 2.00 bits per heavy atom. The fourth-order valence-corrected chi connectivity index (χ4v) is 3.32. The van der Waals surface area contributed by atoms with Gasteiger partial charge in [0.15, 0.2) is 0 Å². The van der Waals surface area contributed by atoms with Crippen molar-refractivity contribution in [1.82, 2.24) is 19.7 Å².